The highest BCUT2D eigenvalue weighted by atomic mass is 16.7. The van der Waals surface area contributed by atoms with Gasteiger partial charge in [0, 0.05) is 5.56 Å². The van der Waals surface area contributed by atoms with Crippen molar-refractivity contribution < 1.29 is 23.6 Å². The first-order chi connectivity index (χ1) is 11.7. The maximum atomic E-state index is 11.2. The number of ether oxygens (including phenoxy) is 2. The van der Waals surface area contributed by atoms with Crippen molar-refractivity contribution >= 4 is 24.2 Å². The van der Waals surface area contributed by atoms with Crippen LogP contribution in [0.25, 0.3) is 5.70 Å². The molecule has 25 heavy (non-hydrogen) atoms. The molecule has 0 atom stereocenters. The van der Waals surface area contributed by atoms with Crippen LogP contribution in [0.5, 0.6) is 0 Å². The van der Waals surface area contributed by atoms with E-state index in [1.54, 1.807) is 6.92 Å². The quantitative estimate of drug-likeness (QED) is 0.480. The summed E-state index contributed by atoms with van der Waals surface area (Å²) in [6, 6.07) is 7.53. The Morgan fingerprint density at radius 1 is 1.16 bits per heavy atom. The van der Waals surface area contributed by atoms with Gasteiger partial charge in [0.25, 0.3) is 0 Å². The lowest BCUT2D eigenvalue weighted by molar-refractivity contribution is -0.146. The first-order valence-corrected chi connectivity index (χ1v) is 8.35. The molecule has 1 aromatic carbocycles. The van der Waals surface area contributed by atoms with Crippen molar-refractivity contribution in [3.63, 3.8) is 0 Å². The molecule has 0 unspecified atom stereocenters. The molecule has 1 aromatic rings. The molecule has 2 N–H and O–H groups in total. The molecule has 0 spiro atoms. The van der Waals surface area contributed by atoms with Crippen LogP contribution in [0.3, 0.4) is 0 Å². The van der Waals surface area contributed by atoms with Crippen LogP contribution in [0.4, 0.5) is 0 Å². The number of benzene rings is 1. The Kier molecular flexibility index (Phi) is 5.80. The average Bonchev–Trinajstić information content (AvgIpc) is 2.76. The van der Waals surface area contributed by atoms with E-state index in [-0.39, 0.29) is 17.8 Å². The molecule has 1 aliphatic rings. The first-order valence-electron chi connectivity index (χ1n) is 8.35. The molecule has 1 fully saturated rings. The number of hydrogen-bond donors (Lipinski definition) is 1. The van der Waals surface area contributed by atoms with Crippen molar-refractivity contribution in [3.8, 4) is 0 Å². The van der Waals surface area contributed by atoms with E-state index in [1.807, 2.05) is 52.0 Å². The van der Waals surface area contributed by atoms with E-state index in [1.165, 1.54) is 6.26 Å². The summed E-state index contributed by atoms with van der Waals surface area (Å²) in [5, 5.41) is 0. The smallest absolute Gasteiger partial charge is 0.487 e. The SMILES string of the molecule is CCOC(=O)CO/C=C(\N)c1ccc(B2OC(C)(C)C(C)(C)O2)cc1. The normalized spacial score (nSPS) is 18.9. The molecule has 1 saturated heterocycles. The molecule has 136 valence electrons. The lowest BCUT2D eigenvalue weighted by Crippen LogP contribution is -2.41. The van der Waals surface area contributed by atoms with E-state index in [0.29, 0.717) is 12.3 Å². The molecule has 1 aliphatic heterocycles. The Labute approximate surface area is 149 Å². The third-order valence-corrected chi connectivity index (χ3v) is 4.49. The Hall–Kier alpha value is -1.99. The van der Waals surface area contributed by atoms with Crippen LogP contribution < -0.4 is 11.2 Å². The van der Waals surface area contributed by atoms with Crippen LogP contribution >= 0.6 is 0 Å². The standard InChI is InChI=1S/C18H26BNO5/c1-6-23-16(21)12-22-11-15(20)13-7-9-14(10-8-13)19-24-17(2,3)18(4,5)25-19/h7-11H,6,12,20H2,1-5H3/b15-11-. The monoisotopic (exact) mass is 347 g/mol. The molecule has 6 nitrogen and oxygen atoms in total. The van der Waals surface area contributed by atoms with Crippen LogP contribution in [0.1, 0.15) is 40.2 Å². The number of nitrogens with two attached hydrogens (primary N) is 1. The number of esters is 1. The van der Waals surface area contributed by atoms with Crippen molar-refractivity contribution in [1.82, 2.24) is 0 Å². The van der Waals surface area contributed by atoms with Gasteiger partial charge in [-0.2, -0.15) is 0 Å². The van der Waals surface area contributed by atoms with Gasteiger partial charge in [-0.1, -0.05) is 24.3 Å². The second-order valence-electron chi connectivity index (χ2n) is 6.90. The van der Waals surface area contributed by atoms with Crippen LogP contribution in [0.2, 0.25) is 0 Å². The van der Waals surface area contributed by atoms with Crippen LogP contribution in [0, 0.1) is 0 Å². The molecule has 2 rings (SSSR count). The molecule has 0 radical (unpaired) electrons. The van der Waals surface area contributed by atoms with Gasteiger partial charge in [-0.3, -0.25) is 0 Å². The average molecular weight is 347 g/mol. The minimum atomic E-state index is -0.428. The van der Waals surface area contributed by atoms with Crippen molar-refractivity contribution in [2.24, 2.45) is 5.73 Å². The topological polar surface area (TPSA) is 80.0 Å². The summed E-state index contributed by atoms with van der Waals surface area (Å²) in [5.74, 6) is -0.428. The Morgan fingerprint density at radius 2 is 1.72 bits per heavy atom. The Bertz CT molecular complexity index is 623. The fourth-order valence-electron chi connectivity index (χ4n) is 2.28. The highest BCUT2D eigenvalue weighted by Gasteiger charge is 2.51. The van der Waals surface area contributed by atoms with Crippen LogP contribution in [-0.4, -0.2) is 37.5 Å². The molecule has 0 saturated carbocycles. The lowest BCUT2D eigenvalue weighted by Gasteiger charge is -2.32. The molecular weight excluding hydrogens is 321 g/mol. The van der Waals surface area contributed by atoms with Gasteiger partial charge >= 0.3 is 13.1 Å². The molecule has 0 aromatic heterocycles. The Morgan fingerprint density at radius 3 is 2.24 bits per heavy atom. The number of hydrogen-bond acceptors (Lipinski definition) is 6. The first kappa shape index (κ1) is 19.3. The van der Waals surface area contributed by atoms with E-state index >= 15 is 0 Å². The van der Waals surface area contributed by atoms with E-state index < -0.39 is 13.1 Å². The van der Waals surface area contributed by atoms with Gasteiger partial charge in [-0.05, 0) is 40.1 Å². The minimum absolute atomic E-state index is 0.166. The molecule has 1 heterocycles. The van der Waals surface area contributed by atoms with Crippen molar-refractivity contribution in [3.05, 3.63) is 36.1 Å². The highest BCUT2D eigenvalue weighted by molar-refractivity contribution is 6.62. The second-order valence-corrected chi connectivity index (χ2v) is 6.90. The molecule has 0 bridgehead atoms. The van der Waals surface area contributed by atoms with E-state index in [4.69, 9.17) is 24.5 Å². The molecule has 7 heteroatoms. The summed E-state index contributed by atoms with van der Waals surface area (Å²) in [7, 11) is -0.413. The molecule has 0 aliphatic carbocycles. The highest BCUT2D eigenvalue weighted by Crippen LogP contribution is 2.36. The summed E-state index contributed by atoms with van der Waals surface area (Å²) in [6.07, 6.45) is 1.35. The minimum Gasteiger partial charge on any atom is -0.487 e. The van der Waals surface area contributed by atoms with Crippen LogP contribution in [0.15, 0.2) is 30.5 Å². The number of carbonyl (C=O) groups excluding carboxylic acids is 1. The predicted octanol–water partition coefficient (Wildman–Crippen LogP) is 1.82. The summed E-state index contributed by atoms with van der Waals surface area (Å²) >= 11 is 0. The summed E-state index contributed by atoms with van der Waals surface area (Å²) < 4.78 is 22.0. The zero-order valence-electron chi connectivity index (χ0n) is 15.5. The van der Waals surface area contributed by atoms with E-state index in [2.05, 4.69) is 0 Å². The summed E-state index contributed by atoms with van der Waals surface area (Å²) in [4.78, 5) is 11.2. The van der Waals surface area contributed by atoms with E-state index in [0.717, 1.165) is 11.0 Å². The zero-order valence-corrected chi connectivity index (χ0v) is 15.5. The van der Waals surface area contributed by atoms with Crippen LogP contribution in [-0.2, 0) is 23.6 Å². The predicted molar refractivity (Wildman–Crippen MR) is 96.9 cm³/mol. The third-order valence-electron chi connectivity index (χ3n) is 4.49. The van der Waals surface area contributed by atoms with E-state index in [9.17, 15) is 4.79 Å². The lowest BCUT2D eigenvalue weighted by atomic mass is 9.79. The van der Waals surface area contributed by atoms with Gasteiger partial charge in [-0.25, -0.2) is 4.79 Å². The fraction of sp³-hybridized carbons (Fsp3) is 0.500. The largest absolute Gasteiger partial charge is 0.494 e. The van der Waals surface area contributed by atoms with Gasteiger partial charge in [0.05, 0.1) is 23.5 Å². The summed E-state index contributed by atoms with van der Waals surface area (Å²) in [6.45, 7) is 9.96. The van der Waals surface area contributed by atoms with Gasteiger partial charge in [-0.15, -0.1) is 0 Å². The number of carbonyl (C=O) groups is 1. The zero-order chi connectivity index (χ0) is 18.7. The number of rotatable bonds is 6. The van der Waals surface area contributed by atoms with Gasteiger partial charge in [0.2, 0.25) is 0 Å². The van der Waals surface area contributed by atoms with Gasteiger partial charge < -0.3 is 24.5 Å². The van der Waals surface area contributed by atoms with Gasteiger partial charge in [0.1, 0.15) is 6.26 Å². The summed E-state index contributed by atoms with van der Waals surface area (Å²) in [5.41, 5.74) is 7.33. The van der Waals surface area contributed by atoms with Gasteiger partial charge in [0.15, 0.2) is 6.61 Å². The van der Waals surface area contributed by atoms with Crippen molar-refractivity contribution in [1.29, 1.82) is 0 Å². The fourth-order valence-corrected chi connectivity index (χ4v) is 2.28. The molecule has 0 amide bonds. The maximum absolute atomic E-state index is 11.2. The third kappa shape index (κ3) is 4.55. The van der Waals surface area contributed by atoms with Crippen molar-refractivity contribution in [2.75, 3.05) is 13.2 Å². The molecular formula is C18H26BNO5. The second kappa shape index (κ2) is 7.50. The van der Waals surface area contributed by atoms with Crippen molar-refractivity contribution in [2.45, 2.75) is 45.8 Å². The maximum Gasteiger partial charge on any atom is 0.494 e. The Balaban J connectivity index is 1.99.